The van der Waals surface area contributed by atoms with E-state index in [1.165, 1.54) is 6.33 Å². The van der Waals surface area contributed by atoms with Gasteiger partial charge in [-0.05, 0) is 12.5 Å². The SMILES string of the molecule is CC(c1ccccc1)n1cnc(C(N)=O)c1C(N)=O. The number of hydrogen-bond acceptors (Lipinski definition) is 3. The van der Waals surface area contributed by atoms with Crippen molar-refractivity contribution >= 4 is 11.8 Å². The highest BCUT2D eigenvalue weighted by Crippen LogP contribution is 2.21. The molecule has 0 aliphatic rings. The third kappa shape index (κ3) is 2.33. The lowest BCUT2D eigenvalue weighted by Crippen LogP contribution is -2.24. The third-order valence-electron chi connectivity index (χ3n) is 2.96. The van der Waals surface area contributed by atoms with Gasteiger partial charge in [-0.2, -0.15) is 0 Å². The average Bonchev–Trinajstić information content (AvgIpc) is 2.83. The molecular weight excluding hydrogens is 244 g/mol. The maximum Gasteiger partial charge on any atom is 0.269 e. The Balaban J connectivity index is 2.51. The minimum atomic E-state index is -0.771. The molecule has 1 atom stereocenters. The summed E-state index contributed by atoms with van der Waals surface area (Å²) in [5, 5.41) is 0. The number of primary amides is 2. The maximum absolute atomic E-state index is 11.5. The first-order valence-corrected chi connectivity index (χ1v) is 5.73. The van der Waals surface area contributed by atoms with Crippen LogP contribution in [0.3, 0.4) is 0 Å². The molecule has 2 amide bonds. The highest BCUT2D eigenvalue weighted by Gasteiger charge is 2.23. The van der Waals surface area contributed by atoms with Crippen LogP contribution in [0.25, 0.3) is 0 Å². The zero-order chi connectivity index (χ0) is 14.0. The van der Waals surface area contributed by atoms with Gasteiger partial charge in [0.05, 0.1) is 12.4 Å². The average molecular weight is 258 g/mol. The number of carbonyl (C=O) groups is 2. The summed E-state index contributed by atoms with van der Waals surface area (Å²) in [5.41, 5.74) is 11.4. The quantitative estimate of drug-likeness (QED) is 0.842. The summed E-state index contributed by atoms with van der Waals surface area (Å²) >= 11 is 0. The molecule has 4 N–H and O–H groups in total. The van der Waals surface area contributed by atoms with Gasteiger partial charge in [-0.3, -0.25) is 9.59 Å². The maximum atomic E-state index is 11.5. The van der Waals surface area contributed by atoms with Crippen molar-refractivity contribution in [2.75, 3.05) is 0 Å². The first kappa shape index (κ1) is 12.8. The fourth-order valence-electron chi connectivity index (χ4n) is 1.97. The van der Waals surface area contributed by atoms with E-state index in [-0.39, 0.29) is 17.4 Å². The fraction of sp³-hybridized carbons (Fsp3) is 0.154. The van der Waals surface area contributed by atoms with Crippen molar-refractivity contribution in [2.24, 2.45) is 11.5 Å². The van der Waals surface area contributed by atoms with Gasteiger partial charge in [-0.1, -0.05) is 30.3 Å². The van der Waals surface area contributed by atoms with Crippen LogP contribution in [0.15, 0.2) is 36.7 Å². The van der Waals surface area contributed by atoms with Crippen molar-refractivity contribution in [3.05, 3.63) is 53.6 Å². The van der Waals surface area contributed by atoms with Crippen LogP contribution >= 0.6 is 0 Å². The van der Waals surface area contributed by atoms with Gasteiger partial charge in [0.25, 0.3) is 11.8 Å². The molecule has 1 heterocycles. The van der Waals surface area contributed by atoms with Gasteiger partial charge in [-0.15, -0.1) is 0 Å². The van der Waals surface area contributed by atoms with Crippen LogP contribution in [0.4, 0.5) is 0 Å². The predicted octanol–water partition coefficient (Wildman–Crippen LogP) is 0.690. The van der Waals surface area contributed by atoms with Gasteiger partial charge in [0.1, 0.15) is 5.69 Å². The van der Waals surface area contributed by atoms with Gasteiger partial charge >= 0.3 is 0 Å². The minimum Gasteiger partial charge on any atom is -0.364 e. The van der Waals surface area contributed by atoms with Crippen LogP contribution in [-0.4, -0.2) is 21.4 Å². The summed E-state index contributed by atoms with van der Waals surface area (Å²) in [5.74, 6) is -1.50. The first-order valence-electron chi connectivity index (χ1n) is 5.73. The topological polar surface area (TPSA) is 104 Å². The molecular formula is C13H14N4O2. The van der Waals surface area contributed by atoms with Gasteiger partial charge in [-0.25, -0.2) is 4.98 Å². The number of hydrogen-bond donors (Lipinski definition) is 2. The van der Waals surface area contributed by atoms with E-state index in [2.05, 4.69) is 4.98 Å². The second-order valence-electron chi connectivity index (χ2n) is 4.16. The standard InChI is InChI=1S/C13H14N4O2/c1-8(9-5-3-2-4-6-9)17-7-16-10(12(14)18)11(17)13(15)19/h2-8H,1H3,(H2,14,18)(H2,15,19). The van der Waals surface area contributed by atoms with Crippen molar-refractivity contribution in [3.63, 3.8) is 0 Å². The molecule has 0 fully saturated rings. The van der Waals surface area contributed by atoms with Gasteiger partial charge in [0, 0.05) is 0 Å². The minimum absolute atomic E-state index is 0.0313. The third-order valence-corrected chi connectivity index (χ3v) is 2.96. The van der Waals surface area contributed by atoms with E-state index in [4.69, 9.17) is 11.5 Å². The molecule has 6 heteroatoms. The summed E-state index contributed by atoms with van der Waals surface area (Å²) in [6.07, 6.45) is 1.40. The Kier molecular flexibility index (Phi) is 3.33. The van der Waals surface area contributed by atoms with E-state index in [0.29, 0.717) is 0 Å². The number of nitrogens with two attached hydrogens (primary N) is 2. The molecule has 1 aromatic heterocycles. The summed E-state index contributed by atoms with van der Waals surface area (Å²) in [6, 6.07) is 9.33. The summed E-state index contributed by atoms with van der Waals surface area (Å²) in [6.45, 7) is 1.88. The van der Waals surface area contributed by atoms with Crippen molar-refractivity contribution in [3.8, 4) is 0 Å². The van der Waals surface area contributed by atoms with Crippen LogP contribution in [0.1, 0.15) is 39.5 Å². The smallest absolute Gasteiger partial charge is 0.269 e. The van der Waals surface area contributed by atoms with Crippen molar-refractivity contribution in [1.29, 1.82) is 0 Å². The molecule has 0 saturated carbocycles. The van der Waals surface area contributed by atoms with Gasteiger partial charge < -0.3 is 16.0 Å². The highest BCUT2D eigenvalue weighted by molar-refractivity contribution is 6.03. The van der Waals surface area contributed by atoms with E-state index in [0.717, 1.165) is 5.56 Å². The largest absolute Gasteiger partial charge is 0.364 e. The number of imidazole rings is 1. The number of aromatic nitrogens is 2. The van der Waals surface area contributed by atoms with E-state index < -0.39 is 11.8 Å². The Bertz CT molecular complexity index is 619. The summed E-state index contributed by atoms with van der Waals surface area (Å²) in [7, 11) is 0. The Hall–Kier alpha value is -2.63. The van der Waals surface area contributed by atoms with Crippen LogP contribution in [0.2, 0.25) is 0 Å². The molecule has 98 valence electrons. The number of rotatable bonds is 4. The second-order valence-corrected chi connectivity index (χ2v) is 4.16. The number of carbonyl (C=O) groups excluding carboxylic acids is 2. The monoisotopic (exact) mass is 258 g/mol. The van der Waals surface area contributed by atoms with Crippen LogP contribution in [0, 0.1) is 0 Å². The molecule has 2 aromatic rings. The van der Waals surface area contributed by atoms with Gasteiger partial charge in [0.2, 0.25) is 0 Å². The Morgan fingerprint density at radius 2 is 1.79 bits per heavy atom. The van der Waals surface area contributed by atoms with Crippen molar-refractivity contribution < 1.29 is 9.59 Å². The molecule has 1 aromatic carbocycles. The van der Waals surface area contributed by atoms with E-state index in [9.17, 15) is 9.59 Å². The zero-order valence-electron chi connectivity index (χ0n) is 10.4. The lowest BCUT2D eigenvalue weighted by atomic mass is 10.1. The van der Waals surface area contributed by atoms with Crippen molar-refractivity contribution in [2.45, 2.75) is 13.0 Å². The highest BCUT2D eigenvalue weighted by atomic mass is 16.2. The summed E-state index contributed by atoms with van der Waals surface area (Å²) < 4.78 is 1.55. The molecule has 19 heavy (non-hydrogen) atoms. The zero-order valence-corrected chi connectivity index (χ0v) is 10.4. The molecule has 0 bridgehead atoms. The first-order chi connectivity index (χ1) is 9.02. The molecule has 0 saturated heterocycles. The predicted molar refractivity (Wildman–Crippen MR) is 69.5 cm³/mol. The Morgan fingerprint density at radius 1 is 1.16 bits per heavy atom. The summed E-state index contributed by atoms with van der Waals surface area (Å²) in [4.78, 5) is 26.6. The van der Waals surface area contributed by atoms with Crippen LogP contribution in [-0.2, 0) is 0 Å². The number of amides is 2. The van der Waals surface area contributed by atoms with Crippen molar-refractivity contribution in [1.82, 2.24) is 9.55 Å². The van der Waals surface area contributed by atoms with Crippen LogP contribution < -0.4 is 11.5 Å². The lowest BCUT2D eigenvalue weighted by Gasteiger charge is -2.15. The fourth-order valence-corrected chi connectivity index (χ4v) is 1.97. The molecule has 0 spiro atoms. The van der Waals surface area contributed by atoms with Crippen LogP contribution in [0.5, 0.6) is 0 Å². The molecule has 1 unspecified atom stereocenters. The molecule has 0 aliphatic carbocycles. The Morgan fingerprint density at radius 3 is 2.32 bits per heavy atom. The molecule has 6 nitrogen and oxygen atoms in total. The molecule has 2 rings (SSSR count). The normalized spacial score (nSPS) is 12.1. The van der Waals surface area contributed by atoms with Gasteiger partial charge in [0.15, 0.2) is 5.69 Å². The number of nitrogens with zero attached hydrogens (tertiary/aromatic N) is 2. The van der Waals surface area contributed by atoms with E-state index >= 15 is 0 Å². The van der Waals surface area contributed by atoms with E-state index in [1.807, 2.05) is 37.3 Å². The van der Waals surface area contributed by atoms with E-state index in [1.54, 1.807) is 4.57 Å². The second kappa shape index (κ2) is 4.93. The molecule has 0 radical (unpaired) electrons. The number of benzene rings is 1. The lowest BCUT2D eigenvalue weighted by molar-refractivity contribution is 0.0958. The molecule has 0 aliphatic heterocycles. The Labute approximate surface area is 110 Å².